The van der Waals surface area contributed by atoms with E-state index in [4.69, 9.17) is 0 Å². The third kappa shape index (κ3) is 4.75. The van der Waals surface area contributed by atoms with Gasteiger partial charge in [0.05, 0.1) is 6.54 Å². The predicted molar refractivity (Wildman–Crippen MR) is 76.9 cm³/mol. The predicted octanol–water partition coefficient (Wildman–Crippen LogP) is 2.24. The van der Waals surface area contributed by atoms with Crippen molar-refractivity contribution in [3.05, 3.63) is 35.4 Å². The van der Waals surface area contributed by atoms with Gasteiger partial charge in [-0.15, -0.1) is 5.10 Å². The average Bonchev–Trinajstić information content (AvgIpc) is 2.87. The number of rotatable bonds is 7. The molecule has 0 saturated heterocycles. The van der Waals surface area contributed by atoms with Gasteiger partial charge in [0.15, 0.2) is 11.6 Å². The molecule has 0 atom stereocenters. The minimum Gasteiger partial charge on any atom is -0.313 e. The van der Waals surface area contributed by atoms with Crippen molar-refractivity contribution in [1.82, 2.24) is 25.5 Å². The number of hydrogen-bond acceptors (Lipinski definition) is 5. The molecule has 2 rings (SSSR count). The van der Waals surface area contributed by atoms with Crippen molar-refractivity contribution in [1.29, 1.82) is 0 Å². The van der Waals surface area contributed by atoms with Crippen molar-refractivity contribution in [2.24, 2.45) is 0 Å². The van der Waals surface area contributed by atoms with Crippen LogP contribution in [0, 0.1) is 11.6 Å². The summed E-state index contributed by atoms with van der Waals surface area (Å²) in [6.07, 6.45) is 0. The Kier molecular flexibility index (Phi) is 5.63. The van der Waals surface area contributed by atoms with Crippen LogP contribution >= 0.6 is 11.8 Å². The van der Waals surface area contributed by atoms with E-state index in [2.05, 4.69) is 34.7 Å². The van der Waals surface area contributed by atoms with Gasteiger partial charge < -0.3 is 5.32 Å². The van der Waals surface area contributed by atoms with Crippen molar-refractivity contribution in [3.8, 4) is 0 Å². The van der Waals surface area contributed by atoms with E-state index in [1.54, 1.807) is 10.7 Å². The molecule has 0 aliphatic heterocycles. The average molecular weight is 313 g/mol. The van der Waals surface area contributed by atoms with Crippen molar-refractivity contribution >= 4 is 11.8 Å². The largest absolute Gasteiger partial charge is 0.313 e. The lowest BCUT2D eigenvalue weighted by Gasteiger charge is -2.08. The Bertz CT molecular complexity index is 588. The van der Waals surface area contributed by atoms with E-state index >= 15 is 0 Å². The molecular weight excluding hydrogens is 296 g/mol. The van der Waals surface area contributed by atoms with Crippen LogP contribution in [0.4, 0.5) is 8.78 Å². The van der Waals surface area contributed by atoms with Gasteiger partial charge in [-0.05, 0) is 28.1 Å². The minimum atomic E-state index is -0.839. The second-order valence-electron chi connectivity index (χ2n) is 4.83. The lowest BCUT2D eigenvalue weighted by molar-refractivity contribution is 0.485. The van der Waals surface area contributed by atoms with Crippen LogP contribution in [0.3, 0.4) is 0 Å². The zero-order valence-corrected chi connectivity index (χ0v) is 12.7. The van der Waals surface area contributed by atoms with Gasteiger partial charge >= 0.3 is 0 Å². The summed E-state index contributed by atoms with van der Waals surface area (Å²) >= 11 is 1.39. The number of halogens is 2. The molecule has 0 amide bonds. The van der Waals surface area contributed by atoms with Crippen molar-refractivity contribution in [3.63, 3.8) is 0 Å². The van der Waals surface area contributed by atoms with Crippen molar-refractivity contribution < 1.29 is 8.78 Å². The van der Waals surface area contributed by atoms with Crippen LogP contribution < -0.4 is 5.32 Å². The Balaban J connectivity index is 1.91. The monoisotopic (exact) mass is 313 g/mol. The lowest BCUT2D eigenvalue weighted by Crippen LogP contribution is -2.27. The summed E-state index contributed by atoms with van der Waals surface area (Å²) < 4.78 is 27.7. The van der Waals surface area contributed by atoms with E-state index in [9.17, 15) is 8.78 Å². The molecule has 0 radical (unpaired) electrons. The quantitative estimate of drug-likeness (QED) is 0.795. The molecule has 8 heteroatoms. The molecule has 1 N–H and O–H groups in total. The van der Waals surface area contributed by atoms with E-state index in [0.29, 0.717) is 29.1 Å². The second-order valence-corrected chi connectivity index (χ2v) is 5.77. The highest BCUT2D eigenvalue weighted by Gasteiger charge is 2.08. The van der Waals surface area contributed by atoms with Crippen LogP contribution in [0.2, 0.25) is 0 Å². The number of benzene rings is 1. The molecule has 21 heavy (non-hydrogen) atoms. The van der Waals surface area contributed by atoms with Gasteiger partial charge in [0, 0.05) is 18.3 Å². The molecule has 0 saturated carbocycles. The first-order valence-corrected chi connectivity index (χ1v) is 7.61. The van der Waals surface area contributed by atoms with Gasteiger partial charge in [-0.1, -0.05) is 31.7 Å². The summed E-state index contributed by atoms with van der Waals surface area (Å²) in [5.41, 5.74) is 0.689. The highest BCUT2D eigenvalue weighted by molar-refractivity contribution is 7.98. The van der Waals surface area contributed by atoms with Gasteiger partial charge in [0.25, 0.3) is 0 Å². The van der Waals surface area contributed by atoms with E-state index in [0.717, 1.165) is 12.6 Å². The third-order valence-corrected chi connectivity index (χ3v) is 3.76. The SMILES string of the molecule is CC(C)NCCn1nnnc1SCc1ccc(F)c(F)c1. The normalized spacial score (nSPS) is 11.3. The molecule has 1 aromatic heterocycles. The fourth-order valence-corrected chi connectivity index (χ4v) is 2.52. The van der Waals surface area contributed by atoms with Gasteiger partial charge in [-0.3, -0.25) is 0 Å². The highest BCUT2D eigenvalue weighted by Crippen LogP contribution is 2.21. The number of aromatic nitrogens is 4. The van der Waals surface area contributed by atoms with Crippen LogP contribution in [0.25, 0.3) is 0 Å². The molecule has 2 aromatic rings. The van der Waals surface area contributed by atoms with Gasteiger partial charge in [0.1, 0.15) is 0 Å². The van der Waals surface area contributed by atoms with Gasteiger partial charge in [0.2, 0.25) is 5.16 Å². The number of hydrogen-bond donors (Lipinski definition) is 1. The smallest absolute Gasteiger partial charge is 0.209 e. The molecule has 0 spiro atoms. The van der Waals surface area contributed by atoms with Crippen molar-refractivity contribution in [2.45, 2.75) is 37.3 Å². The zero-order valence-electron chi connectivity index (χ0n) is 11.9. The topological polar surface area (TPSA) is 55.6 Å². The number of tetrazole rings is 1. The number of nitrogens with one attached hydrogen (secondary N) is 1. The molecule has 1 heterocycles. The fourth-order valence-electron chi connectivity index (χ4n) is 1.68. The summed E-state index contributed by atoms with van der Waals surface area (Å²) in [4.78, 5) is 0. The summed E-state index contributed by atoms with van der Waals surface area (Å²) in [6.45, 7) is 5.56. The summed E-state index contributed by atoms with van der Waals surface area (Å²) in [5.74, 6) is -1.20. The molecule has 0 aliphatic carbocycles. The van der Waals surface area contributed by atoms with Crippen LogP contribution in [0.5, 0.6) is 0 Å². The first-order chi connectivity index (χ1) is 10.1. The Morgan fingerprint density at radius 1 is 1.29 bits per heavy atom. The fraction of sp³-hybridized carbons (Fsp3) is 0.462. The summed E-state index contributed by atoms with van der Waals surface area (Å²) in [7, 11) is 0. The summed E-state index contributed by atoms with van der Waals surface area (Å²) in [5, 5.41) is 15.4. The Labute approximate surface area is 126 Å². The number of thioether (sulfide) groups is 1. The second kappa shape index (κ2) is 7.46. The van der Waals surface area contributed by atoms with Crippen LogP contribution in [-0.4, -0.2) is 32.8 Å². The molecule has 5 nitrogen and oxygen atoms in total. The van der Waals surface area contributed by atoms with Crippen LogP contribution in [0.15, 0.2) is 23.4 Å². The van der Waals surface area contributed by atoms with Crippen LogP contribution in [-0.2, 0) is 12.3 Å². The highest BCUT2D eigenvalue weighted by atomic mass is 32.2. The van der Waals surface area contributed by atoms with E-state index in [1.807, 2.05) is 0 Å². The summed E-state index contributed by atoms with van der Waals surface area (Å²) in [6, 6.07) is 4.28. The van der Waals surface area contributed by atoms with E-state index in [1.165, 1.54) is 17.8 Å². The van der Waals surface area contributed by atoms with E-state index < -0.39 is 11.6 Å². The Morgan fingerprint density at radius 3 is 2.81 bits per heavy atom. The molecule has 0 aliphatic rings. The Hall–Kier alpha value is -1.54. The first-order valence-electron chi connectivity index (χ1n) is 6.62. The standard InChI is InChI=1S/C13H17F2N5S/c1-9(2)16-5-6-20-13(17-18-19-20)21-8-10-3-4-11(14)12(15)7-10/h3-4,7,9,16H,5-6,8H2,1-2H3. The van der Waals surface area contributed by atoms with Gasteiger partial charge in [-0.25, -0.2) is 13.5 Å². The maximum Gasteiger partial charge on any atom is 0.209 e. The molecular formula is C13H17F2N5S. The van der Waals surface area contributed by atoms with E-state index in [-0.39, 0.29) is 0 Å². The maximum atomic E-state index is 13.1. The molecule has 1 aromatic carbocycles. The molecule has 0 unspecified atom stereocenters. The van der Waals surface area contributed by atoms with Crippen molar-refractivity contribution in [2.75, 3.05) is 6.54 Å². The third-order valence-electron chi connectivity index (χ3n) is 2.73. The minimum absolute atomic E-state index is 0.403. The molecule has 114 valence electrons. The molecule has 0 bridgehead atoms. The zero-order chi connectivity index (χ0) is 15.2. The maximum absolute atomic E-state index is 13.1. The van der Waals surface area contributed by atoms with Gasteiger partial charge in [-0.2, -0.15) is 0 Å². The first kappa shape index (κ1) is 15.8. The lowest BCUT2D eigenvalue weighted by atomic mass is 10.2. The molecule has 0 fully saturated rings. The van der Waals surface area contributed by atoms with Crippen LogP contribution in [0.1, 0.15) is 19.4 Å². The number of nitrogens with zero attached hydrogens (tertiary/aromatic N) is 4. The Morgan fingerprint density at radius 2 is 2.10 bits per heavy atom.